The molecule has 2 rings (SSSR count). The first-order valence-electron chi connectivity index (χ1n) is 5.45. The molecule has 0 radical (unpaired) electrons. The summed E-state index contributed by atoms with van der Waals surface area (Å²) in [5.41, 5.74) is -1.11. The third-order valence-corrected chi connectivity index (χ3v) is 3.99. The van der Waals surface area contributed by atoms with Gasteiger partial charge in [-0.25, -0.2) is 9.78 Å². The highest BCUT2D eigenvalue weighted by atomic mass is 79.9. The van der Waals surface area contributed by atoms with Gasteiger partial charge in [-0.3, -0.25) is 9.69 Å². The zero-order valence-corrected chi connectivity index (χ0v) is 11.4. The minimum atomic E-state index is -4.59. The maximum Gasteiger partial charge on any atom is 0.433 e. The van der Waals surface area contributed by atoms with Crippen molar-refractivity contribution in [2.75, 3.05) is 4.90 Å². The molecule has 0 bridgehead atoms. The first-order chi connectivity index (χ1) is 9.16. The second kappa shape index (κ2) is 4.72. The van der Waals surface area contributed by atoms with Gasteiger partial charge in [0, 0.05) is 12.8 Å². The number of amides is 1. The Kier molecular flexibility index (Phi) is 3.49. The molecule has 1 aliphatic rings. The molecule has 0 aromatic carbocycles. The number of carbonyl (C=O) groups is 2. The van der Waals surface area contributed by atoms with Crippen molar-refractivity contribution in [2.45, 2.75) is 23.5 Å². The Labute approximate surface area is 119 Å². The average Bonchev–Trinajstić information content (AvgIpc) is 2.66. The van der Waals surface area contributed by atoms with Gasteiger partial charge < -0.3 is 5.11 Å². The number of aliphatic carboxylic acids is 1. The monoisotopic (exact) mass is 352 g/mol. The fourth-order valence-corrected chi connectivity index (χ4v) is 2.53. The van der Waals surface area contributed by atoms with Crippen LogP contribution in [0.4, 0.5) is 18.9 Å². The molecule has 2 heterocycles. The van der Waals surface area contributed by atoms with E-state index in [1.54, 1.807) is 0 Å². The van der Waals surface area contributed by atoms with Crippen LogP contribution in [0.5, 0.6) is 0 Å². The number of rotatable bonds is 2. The number of pyridine rings is 1. The number of hydrogen-bond acceptors (Lipinski definition) is 3. The fraction of sp³-hybridized carbons (Fsp3) is 0.364. The summed E-state index contributed by atoms with van der Waals surface area (Å²) in [5, 5.41) is 9.16. The summed E-state index contributed by atoms with van der Waals surface area (Å²) in [6, 6.07) is 1.73. The van der Waals surface area contributed by atoms with Crippen molar-refractivity contribution in [1.82, 2.24) is 4.98 Å². The second-order valence-corrected chi connectivity index (χ2v) is 5.50. The van der Waals surface area contributed by atoms with Crippen LogP contribution in [0, 0.1) is 0 Å². The summed E-state index contributed by atoms with van der Waals surface area (Å²) in [4.78, 5) is 27.1. The first kappa shape index (κ1) is 14.8. The van der Waals surface area contributed by atoms with Crippen LogP contribution in [0.3, 0.4) is 0 Å². The Bertz CT molecular complexity index is 561. The molecule has 9 heteroatoms. The number of carboxylic acids is 1. The summed E-state index contributed by atoms with van der Waals surface area (Å²) in [5.74, 6) is -1.78. The Balaban J connectivity index is 2.40. The van der Waals surface area contributed by atoms with E-state index in [9.17, 15) is 22.8 Å². The molecule has 1 saturated heterocycles. The lowest BCUT2D eigenvalue weighted by atomic mass is 10.2. The van der Waals surface area contributed by atoms with Crippen LogP contribution in [0.2, 0.25) is 0 Å². The van der Waals surface area contributed by atoms with Crippen LogP contribution in [-0.4, -0.2) is 26.4 Å². The van der Waals surface area contributed by atoms with E-state index in [0.717, 1.165) is 17.2 Å². The number of aromatic nitrogens is 1. The number of nitrogens with zero attached hydrogens (tertiary/aromatic N) is 2. The van der Waals surface area contributed by atoms with Gasteiger partial charge in [0.1, 0.15) is 5.69 Å². The fourth-order valence-electron chi connectivity index (χ4n) is 1.93. The first-order valence-corrected chi connectivity index (χ1v) is 6.24. The van der Waals surface area contributed by atoms with Crippen molar-refractivity contribution in [3.63, 3.8) is 0 Å². The van der Waals surface area contributed by atoms with Gasteiger partial charge in [0.15, 0.2) is 0 Å². The molecule has 20 heavy (non-hydrogen) atoms. The van der Waals surface area contributed by atoms with Crippen LogP contribution in [0.25, 0.3) is 0 Å². The highest BCUT2D eigenvalue weighted by Crippen LogP contribution is 2.40. The van der Waals surface area contributed by atoms with Crippen molar-refractivity contribution in [3.05, 3.63) is 24.0 Å². The van der Waals surface area contributed by atoms with Gasteiger partial charge in [-0.05, 0) is 28.1 Å². The summed E-state index contributed by atoms with van der Waals surface area (Å²) in [7, 11) is 0. The zero-order chi connectivity index (χ0) is 15.1. The van der Waals surface area contributed by atoms with Gasteiger partial charge >= 0.3 is 12.1 Å². The van der Waals surface area contributed by atoms with Crippen molar-refractivity contribution in [1.29, 1.82) is 0 Å². The van der Waals surface area contributed by atoms with Crippen molar-refractivity contribution >= 4 is 33.5 Å². The number of halogens is 4. The zero-order valence-electron chi connectivity index (χ0n) is 9.82. The highest BCUT2D eigenvalue weighted by molar-refractivity contribution is 9.10. The molecule has 1 unspecified atom stereocenters. The SMILES string of the molecule is O=C1CCC(Br)(C(=O)O)N1c1ccc(C(F)(F)F)nc1. The molecular formula is C11H8BrF3N2O3. The van der Waals surface area contributed by atoms with Crippen LogP contribution in [-0.2, 0) is 15.8 Å². The van der Waals surface area contributed by atoms with Crippen molar-refractivity contribution < 1.29 is 27.9 Å². The Hall–Kier alpha value is -1.64. The molecule has 1 fully saturated rings. The van der Waals surface area contributed by atoms with E-state index in [4.69, 9.17) is 5.11 Å². The summed E-state index contributed by atoms with van der Waals surface area (Å²) in [6.07, 6.45) is -3.75. The molecule has 1 N–H and O–H groups in total. The van der Waals surface area contributed by atoms with Crippen LogP contribution in [0.1, 0.15) is 18.5 Å². The predicted molar refractivity (Wildman–Crippen MR) is 65.3 cm³/mol. The highest BCUT2D eigenvalue weighted by Gasteiger charge is 2.50. The largest absolute Gasteiger partial charge is 0.479 e. The molecule has 0 aliphatic carbocycles. The van der Waals surface area contributed by atoms with E-state index >= 15 is 0 Å². The van der Waals surface area contributed by atoms with Gasteiger partial charge in [-0.2, -0.15) is 13.2 Å². The lowest BCUT2D eigenvalue weighted by molar-refractivity contribution is -0.141. The third-order valence-electron chi connectivity index (χ3n) is 2.90. The van der Waals surface area contributed by atoms with Crippen LogP contribution < -0.4 is 4.90 Å². The van der Waals surface area contributed by atoms with E-state index in [1.807, 2.05) is 0 Å². The molecule has 1 aromatic heterocycles. The maximum absolute atomic E-state index is 12.4. The van der Waals surface area contributed by atoms with Crippen molar-refractivity contribution in [3.8, 4) is 0 Å². The van der Waals surface area contributed by atoms with E-state index in [1.165, 1.54) is 0 Å². The summed E-state index contributed by atoms with van der Waals surface area (Å²) >= 11 is 2.97. The van der Waals surface area contributed by atoms with Crippen molar-refractivity contribution in [2.24, 2.45) is 0 Å². The minimum Gasteiger partial charge on any atom is -0.479 e. The lowest BCUT2D eigenvalue weighted by Gasteiger charge is -2.29. The second-order valence-electron chi connectivity index (χ2n) is 4.19. The lowest BCUT2D eigenvalue weighted by Crippen LogP contribution is -2.47. The molecular weight excluding hydrogens is 345 g/mol. The van der Waals surface area contributed by atoms with E-state index < -0.39 is 28.2 Å². The van der Waals surface area contributed by atoms with Gasteiger partial charge in [0.05, 0.1) is 11.9 Å². The smallest absolute Gasteiger partial charge is 0.433 e. The molecule has 1 amide bonds. The molecule has 1 atom stereocenters. The minimum absolute atomic E-state index is 0.000208. The van der Waals surface area contributed by atoms with Crippen LogP contribution in [0.15, 0.2) is 18.3 Å². The van der Waals surface area contributed by atoms with Gasteiger partial charge in [0.2, 0.25) is 10.4 Å². The maximum atomic E-state index is 12.4. The standard InChI is InChI=1S/C11H8BrF3N2O3/c12-10(9(19)20)4-3-8(18)17(10)6-1-2-7(16-5-6)11(13,14)15/h1-2,5H,3-4H2,(H,19,20). The Morgan fingerprint density at radius 3 is 2.55 bits per heavy atom. The Morgan fingerprint density at radius 1 is 1.45 bits per heavy atom. The topological polar surface area (TPSA) is 70.5 Å². The molecule has 1 aromatic rings. The van der Waals surface area contributed by atoms with Gasteiger partial charge in [0.25, 0.3) is 0 Å². The molecule has 0 saturated carbocycles. The normalized spacial score (nSPS) is 23.2. The van der Waals surface area contributed by atoms with E-state index in [0.29, 0.717) is 6.07 Å². The number of anilines is 1. The third kappa shape index (κ3) is 2.37. The van der Waals surface area contributed by atoms with Gasteiger partial charge in [-0.15, -0.1) is 0 Å². The predicted octanol–water partition coefficient (Wildman–Crippen LogP) is 2.40. The summed E-state index contributed by atoms with van der Waals surface area (Å²) < 4.78 is 35.6. The number of carboxylic acid groups (broad SMARTS) is 1. The number of carbonyl (C=O) groups excluding carboxylic acids is 1. The summed E-state index contributed by atoms with van der Waals surface area (Å²) in [6.45, 7) is 0. The molecule has 0 spiro atoms. The van der Waals surface area contributed by atoms with Crippen LogP contribution >= 0.6 is 15.9 Å². The van der Waals surface area contributed by atoms with E-state index in [-0.39, 0.29) is 18.5 Å². The quantitative estimate of drug-likeness (QED) is 0.655. The average molecular weight is 353 g/mol. The van der Waals surface area contributed by atoms with Gasteiger partial charge in [-0.1, -0.05) is 0 Å². The number of hydrogen-bond donors (Lipinski definition) is 1. The molecule has 1 aliphatic heterocycles. The van der Waals surface area contributed by atoms with E-state index in [2.05, 4.69) is 20.9 Å². The molecule has 5 nitrogen and oxygen atoms in total. The number of alkyl halides is 4. The Morgan fingerprint density at radius 2 is 2.10 bits per heavy atom. The molecule has 108 valence electrons.